The first-order valence-corrected chi connectivity index (χ1v) is 15.1. The van der Waals surface area contributed by atoms with Crippen LogP contribution in [0.2, 0.25) is 0 Å². The Morgan fingerprint density at radius 2 is 1.50 bits per heavy atom. The van der Waals surface area contributed by atoms with E-state index in [4.69, 9.17) is 14.2 Å². The summed E-state index contributed by atoms with van der Waals surface area (Å²) in [6.45, 7) is 3.15. The Bertz CT molecular complexity index is 1360. The number of amides is 3. The fourth-order valence-corrected chi connectivity index (χ4v) is 5.68. The topological polar surface area (TPSA) is 213 Å². The smallest absolute Gasteiger partial charge is 0.407 e. The lowest BCUT2D eigenvalue weighted by molar-refractivity contribution is -0.288. The number of benzene rings is 2. The van der Waals surface area contributed by atoms with Gasteiger partial charge in [-0.25, -0.2) is 9.59 Å². The van der Waals surface area contributed by atoms with Crippen LogP contribution in [0.1, 0.15) is 43.7 Å². The minimum absolute atomic E-state index is 0.0355. The Balaban J connectivity index is 1.28. The molecule has 4 rings (SSSR count). The summed E-state index contributed by atoms with van der Waals surface area (Å²) in [6.07, 6.45) is -8.31. The second kappa shape index (κ2) is 15.5. The van der Waals surface area contributed by atoms with Gasteiger partial charge >= 0.3 is 12.1 Å². The zero-order chi connectivity index (χ0) is 33.5. The number of nitrogens with one attached hydrogen (secondary N) is 3. The molecular formula is C32H41N3O11. The molecule has 0 bridgehead atoms. The molecule has 0 unspecified atom stereocenters. The van der Waals surface area contributed by atoms with Crippen molar-refractivity contribution in [2.45, 2.75) is 75.4 Å². The van der Waals surface area contributed by atoms with Gasteiger partial charge in [-0.3, -0.25) is 9.59 Å². The summed E-state index contributed by atoms with van der Waals surface area (Å²) in [5, 5.41) is 47.1. The maximum atomic E-state index is 13.1. The van der Waals surface area contributed by atoms with Gasteiger partial charge in [0.15, 0.2) is 6.29 Å². The molecule has 46 heavy (non-hydrogen) atoms. The standard InChI is InChI=1S/C32H41N3O11/c1-16(2)25(35-32(43)45-15-21-19-10-6-4-8-17(19)18-9-5-7-11-20(18)21)29(40)34-22(30(41)42)12-13-24(36)33-14-23-26(37)27(38)28(39)31(44-3)46-23/h4-11,16,21-23,25-28,31,37-39H,12-15H2,1-3H3,(H,33,36)(H,34,40)(H,35,43)(H,41,42)/t22-,23+,25-,26+,27-,28+,31+/m0/s1. The third kappa shape index (κ3) is 8.00. The second-order valence-electron chi connectivity index (χ2n) is 11.7. The number of rotatable bonds is 13. The summed E-state index contributed by atoms with van der Waals surface area (Å²) in [7, 11) is 1.24. The van der Waals surface area contributed by atoms with Crippen molar-refractivity contribution in [3.05, 3.63) is 59.7 Å². The van der Waals surface area contributed by atoms with Crippen molar-refractivity contribution < 1.29 is 53.8 Å². The number of methoxy groups -OCH3 is 1. The van der Waals surface area contributed by atoms with Crippen LogP contribution in [0.4, 0.5) is 4.79 Å². The predicted molar refractivity (Wildman–Crippen MR) is 162 cm³/mol. The van der Waals surface area contributed by atoms with Crippen molar-refractivity contribution in [2.75, 3.05) is 20.3 Å². The summed E-state index contributed by atoms with van der Waals surface area (Å²) in [5.41, 5.74) is 4.19. The van der Waals surface area contributed by atoms with E-state index in [1.807, 2.05) is 48.5 Å². The number of aliphatic hydroxyl groups excluding tert-OH is 3. The van der Waals surface area contributed by atoms with Crippen LogP contribution in [0.3, 0.4) is 0 Å². The first kappa shape index (κ1) is 34.8. The molecule has 14 nitrogen and oxygen atoms in total. The molecule has 2 aromatic rings. The number of aliphatic carboxylic acids is 1. The molecular weight excluding hydrogens is 602 g/mol. The molecule has 1 saturated heterocycles. The zero-order valence-corrected chi connectivity index (χ0v) is 25.8. The maximum Gasteiger partial charge on any atom is 0.407 e. The van der Waals surface area contributed by atoms with Gasteiger partial charge in [0.05, 0.1) is 0 Å². The molecule has 14 heteroatoms. The van der Waals surface area contributed by atoms with Crippen molar-refractivity contribution in [1.82, 2.24) is 16.0 Å². The van der Waals surface area contributed by atoms with E-state index in [1.54, 1.807) is 13.8 Å². The highest BCUT2D eigenvalue weighted by atomic mass is 16.7. The van der Waals surface area contributed by atoms with Crippen LogP contribution in [0.5, 0.6) is 0 Å². The Kier molecular flexibility index (Phi) is 11.7. The Morgan fingerprint density at radius 3 is 2.07 bits per heavy atom. The number of hydrogen-bond acceptors (Lipinski definition) is 10. The van der Waals surface area contributed by atoms with E-state index >= 15 is 0 Å². The third-order valence-corrected chi connectivity index (χ3v) is 8.24. The van der Waals surface area contributed by atoms with Gasteiger partial charge in [-0.05, 0) is 34.6 Å². The molecule has 2 aliphatic rings. The quantitative estimate of drug-likeness (QED) is 0.159. The predicted octanol–water partition coefficient (Wildman–Crippen LogP) is 0.470. The summed E-state index contributed by atoms with van der Waals surface area (Å²) in [6, 6.07) is 13.2. The van der Waals surface area contributed by atoms with Crippen LogP contribution < -0.4 is 16.0 Å². The Morgan fingerprint density at radius 1 is 0.891 bits per heavy atom. The van der Waals surface area contributed by atoms with Gasteiger partial charge in [0.2, 0.25) is 11.8 Å². The summed E-state index contributed by atoms with van der Waals surface area (Å²) in [4.78, 5) is 50.3. The number of carboxylic acids is 1. The highest BCUT2D eigenvalue weighted by Gasteiger charge is 2.44. The molecule has 1 aliphatic carbocycles. The number of carboxylic acid groups (broad SMARTS) is 1. The third-order valence-electron chi connectivity index (χ3n) is 8.24. The van der Waals surface area contributed by atoms with Gasteiger partial charge < -0.3 is 50.6 Å². The molecule has 7 N–H and O–H groups in total. The number of aliphatic hydroxyl groups is 3. The lowest BCUT2D eigenvalue weighted by atomic mass is 9.98. The first-order valence-electron chi connectivity index (χ1n) is 15.1. The van der Waals surface area contributed by atoms with Crippen molar-refractivity contribution in [1.29, 1.82) is 0 Å². The van der Waals surface area contributed by atoms with E-state index in [0.717, 1.165) is 22.3 Å². The molecule has 250 valence electrons. The van der Waals surface area contributed by atoms with Gasteiger partial charge in [-0.2, -0.15) is 0 Å². The minimum Gasteiger partial charge on any atom is -0.480 e. The van der Waals surface area contributed by atoms with Gasteiger partial charge in [0, 0.05) is 26.0 Å². The van der Waals surface area contributed by atoms with Gasteiger partial charge in [-0.1, -0.05) is 62.4 Å². The first-order chi connectivity index (χ1) is 21.9. The van der Waals surface area contributed by atoms with Crippen molar-refractivity contribution in [3.8, 4) is 11.1 Å². The van der Waals surface area contributed by atoms with E-state index in [1.165, 1.54) is 7.11 Å². The maximum absolute atomic E-state index is 13.1. The number of alkyl carbamates (subject to hydrolysis) is 1. The number of carbonyl (C=O) groups excluding carboxylic acids is 3. The molecule has 1 aliphatic heterocycles. The average Bonchev–Trinajstić information content (AvgIpc) is 3.36. The average molecular weight is 644 g/mol. The van der Waals surface area contributed by atoms with Crippen LogP contribution in [0.15, 0.2) is 48.5 Å². The number of ether oxygens (including phenoxy) is 3. The fourth-order valence-electron chi connectivity index (χ4n) is 5.68. The summed E-state index contributed by atoms with van der Waals surface area (Å²) >= 11 is 0. The van der Waals surface area contributed by atoms with Gasteiger partial charge in [-0.15, -0.1) is 0 Å². The lowest BCUT2D eigenvalue weighted by Gasteiger charge is -2.39. The monoisotopic (exact) mass is 643 g/mol. The molecule has 3 amide bonds. The Hall–Kier alpha value is -4.08. The molecule has 7 atom stereocenters. The molecule has 0 saturated carbocycles. The molecule has 1 fully saturated rings. The zero-order valence-electron chi connectivity index (χ0n) is 25.8. The van der Waals surface area contributed by atoms with E-state index in [9.17, 15) is 39.6 Å². The van der Waals surface area contributed by atoms with Crippen LogP contribution >= 0.6 is 0 Å². The van der Waals surface area contributed by atoms with Crippen molar-refractivity contribution >= 4 is 23.9 Å². The van der Waals surface area contributed by atoms with Gasteiger partial charge in [0.25, 0.3) is 0 Å². The molecule has 0 aromatic heterocycles. The number of hydrogen-bond donors (Lipinski definition) is 7. The molecule has 2 aromatic carbocycles. The molecule has 0 radical (unpaired) electrons. The minimum atomic E-state index is -1.57. The van der Waals surface area contributed by atoms with Crippen LogP contribution in [0.25, 0.3) is 11.1 Å². The van der Waals surface area contributed by atoms with Crippen LogP contribution in [-0.4, -0.2) is 107 Å². The van der Waals surface area contributed by atoms with E-state index in [-0.39, 0.29) is 31.9 Å². The summed E-state index contributed by atoms with van der Waals surface area (Å²) in [5.74, 6) is -3.35. The SMILES string of the molecule is CO[C@@H]1O[C@H](CNC(=O)CC[C@H](NC(=O)[C@@H](NC(=O)OCC2c3ccccc3-c3ccccc32)C(C)C)C(=O)O)[C@@H](O)[C@H](O)[C@H]1O. The normalized spacial score (nSPS) is 23.5. The number of fused-ring (bicyclic) bond motifs is 3. The highest BCUT2D eigenvalue weighted by molar-refractivity contribution is 5.90. The largest absolute Gasteiger partial charge is 0.480 e. The highest BCUT2D eigenvalue weighted by Crippen LogP contribution is 2.44. The number of carbonyl (C=O) groups is 4. The second-order valence-corrected chi connectivity index (χ2v) is 11.7. The van der Waals surface area contributed by atoms with Crippen LogP contribution in [-0.2, 0) is 28.6 Å². The van der Waals surface area contributed by atoms with E-state index < -0.39 is 72.6 Å². The van der Waals surface area contributed by atoms with E-state index in [2.05, 4.69) is 16.0 Å². The fraction of sp³-hybridized carbons (Fsp3) is 0.500. The van der Waals surface area contributed by atoms with Crippen LogP contribution in [0, 0.1) is 5.92 Å². The lowest BCUT2D eigenvalue weighted by Crippen LogP contribution is -2.60. The molecule has 0 spiro atoms. The molecule has 1 heterocycles. The Labute approximate surface area is 266 Å². The van der Waals surface area contributed by atoms with Crippen molar-refractivity contribution in [2.24, 2.45) is 5.92 Å². The van der Waals surface area contributed by atoms with Gasteiger partial charge in [0.1, 0.15) is 43.1 Å². The van der Waals surface area contributed by atoms with Crippen molar-refractivity contribution in [3.63, 3.8) is 0 Å². The summed E-state index contributed by atoms with van der Waals surface area (Å²) < 4.78 is 15.8. The van der Waals surface area contributed by atoms with E-state index in [0.29, 0.717) is 0 Å².